The molecule has 2 heterocycles. The lowest BCUT2D eigenvalue weighted by atomic mass is 9.97. The first kappa shape index (κ1) is 11.9. The molecule has 2 aromatic rings. The van der Waals surface area contributed by atoms with Gasteiger partial charge in [-0.25, -0.2) is 9.97 Å². The zero-order valence-electron chi connectivity index (χ0n) is 10.0. The van der Waals surface area contributed by atoms with Gasteiger partial charge in [0, 0.05) is 0 Å². The summed E-state index contributed by atoms with van der Waals surface area (Å²) in [4.78, 5) is 9.72. The first-order valence-electron chi connectivity index (χ1n) is 5.67. The summed E-state index contributed by atoms with van der Waals surface area (Å²) >= 11 is 9.96. The highest BCUT2D eigenvalue weighted by Crippen LogP contribution is 2.34. The number of nitrogens with zero attached hydrogens (tertiary/aromatic N) is 2. The molecule has 1 aromatic heterocycles. The van der Waals surface area contributed by atoms with E-state index in [0.29, 0.717) is 16.4 Å². The van der Waals surface area contributed by atoms with E-state index in [1.165, 1.54) is 0 Å². The summed E-state index contributed by atoms with van der Waals surface area (Å²) in [7, 11) is 0. The molecule has 0 aliphatic carbocycles. The van der Waals surface area contributed by atoms with Gasteiger partial charge in [-0.3, -0.25) is 0 Å². The largest absolute Gasteiger partial charge is 0.468 e. The molecule has 1 aliphatic heterocycles. The van der Waals surface area contributed by atoms with Crippen molar-refractivity contribution in [1.29, 1.82) is 0 Å². The maximum atomic E-state index is 5.87. The molecule has 1 atom stereocenters. The molecule has 0 radical (unpaired) electrons. The molecular weight excluding hydrogens is 264 g/mol. The Morgan fingerprint density at radius 3 is 2.50 bits per heavy atom. The number of hydrogen-bond donors (Lipinski definition) is 1. The lowest BCUT2D eigenvalue weighted by Gasteiger charge is -2.36. The number of benzene rings is 1. The Kier molecular flexibility index (Phi) is 2.57. The summed E-state index contributed by atoms with van der Waals surface area (Å²) in [5.74, 6) is 0.508. The Bertz CT molecular complexity index is 654. The zero-order chi connectivity index (χ0) is 12.9. The number of thiol groups is 1. The summed E-state index contributed by atoms with van der Waals surface area (Å²) in [6, 6.07) is 7.68. The molecule has 92 valence electrons. The summed E-state index contributed by atoms with van der Waals surface area (Å²) in [6.45, 7) is 3.91. The second-order valence-electron chi connectivity index (χ2n) is 4.84. The Morgan fingerprint density at radius 1 is 1.22 bits per heavy atom. The Balaban J connectivity index is 2.26. The van der Waals surface area contributed by atoms with Crippen molar-refractivity contribution in [2.75, 3.05) is 0 Å². The van der Waals surface area contributed by atoms with Gasteiger partial charge in [-0.15, -0.1) is 0 Å². The maximum absolute atomic E-state index is 5.87. The van der Waals surface area contributed by atoms with Crippen molar-refractivity contribution in [3.8, 4) is 5.88 Å². The third-order valence-electron chi connectivity index (χ3n) is 3.04. The molecule has 0 bridgehead atoms. The van der Waals surface area contributed by atoms with Gasteiger partial charge in [-0.2, -0.15) is 12.6 Å². The van der Waals surface area contributed by atoms with Crippen molar-refractivity contribution >= 4 is 40.7 Å². The van der Waals surface area contributed by atoms with Crippen LogP contribution in [0, 0.1) is 0 Å². The Morgan fingerprint density at radius 2 is 1.83 bits per heavy atom. The van der Waals surface area contributed by atoms with Crippen LogP contribution in [0.5, 0.6) is 5.88 Å². The smallest absolute Gasteiger partial charge is 0.242 e. The molecule has 3 nitrogen and oxygen atoms in total. The second kappa shape index (κ2) is 3.90. The molecule has 1 unspecified atom stereocenters. The van der Waals surface area contributed by atoms with Gasteiger partial charge in [0.2, 0.25) is 5.88 Å². The lowest BCUT2D eigenvalue weighted by Crippen LogP contribution is -2.47. The molecule has 1 aromatic carbocycles. The number of hydrogen-bond acceptors (Lipinski definition) is 5. The normalized spacial score (nSPS) is 21.5. The van der Waals surface area contributed by atoms with E-state index in [4.69, 9.17) is 17.0 Å². The van der Waals surface area contributed by atoms with Crippen LogP contribution in [0.1, 0.15) is 19.5 Å². The van der Waals surface area contributed by atoms with Gasteiger partial charge in [-0.05, 0) is 26.0 Å². The molecule has 3 rings (SSSR count). The van der Waals surface area contributed by atoms with E-state index >= 15 is 0 Å². The molecule has 18 heavy (non-hydrogen) atoms. The molecule has 0 amide bonds. The summed E-state index contributed by atoms with van der Waals surface area (Å²) in [5, 5.41) is -0.157. The molecule has 0 spiro atoms. The molecule has 1 aliphatic rings. The van der Waals surface area contributed by atoms with E-state index in [1.54, 1.807) is 0 Å². The van der Waals surface area contributed by atoms with E-state index in [2.05, 4.69) is 22.6 Å². The van der Waals surface area contributed by atoms with E-state index in [0.717, 1.165) is 11.0 Å². The topological polar surface area (TPSA) is 35.0 Å². The van der Waals surface area contributed by atoms with Crippen molar-refractivity contribution in [3.63, 3.8) is 0 Å². The highest BCUT2D eigenvalue weighted by Gasteiger charge is 2.40. The highest BCUT2D eigenvalue weighted by atomic mass is 32.1. The molecule has 5 heteroatoms. The van der Waals surface area contributed by atoms with Crippen molar-refractivity contribution in [1.82, 2.24) is 9.97 Å². The number of ether oxygens (including phenoxy) is 1. The maximum Gasteiger partial charge on any atom is 0.242 e. The third-order valence-corrected chi connectivity index (χ3v) is 4.52. The predicted molar refractivity (Wildman–Crippen MR) is 78.7 cm³/mol. The fourth-order valence-electron chi connectivity index (χ4n) is 1.97. The molecule has 0 saturated carbocycles. The van der Waals surface area contributed by atoms with Gasteiger partial charge in [0.1, 0.15) is 11.3 Å². The SMILES string of the molecule is CC1(C)Oc2nc3ccccc3nc2C(=S)C1S. The zero-order valence-corrected chi connectivity index (χ0v) is 11.8. The lowest BCUT2D eigenvalue weighted by molar-refractivity contribution is 0.111. The van der Waals surface area contributed by atoms with Crippen molar-refractivity contribution in [2.24, 2.45) is 0 Å². The van der Waals surface area contributed by atoms with Crippen molar-refractivity contribution < 1.29 is 4.74 Å². The Hall–Kier alpha value is -1.20. The minimum atomic E-state index is -0.468. The molecule has 0 saturated heterocycles. The van der Waals surface area contributed by atoms with Crippen molar-refractivity contribution in [3.05, 3.63) is 30.0 Å². The first-order valence-corrected chi connectivity index (χ1v) is 6.59. The van der Waals surface area contributed by atoms with Crippen LogP contribution in [0.2, 0.25) is 0 Å². The standard InChI is InChI=1S/C13H12N2OS2/c1-13(2)11(18)10(17)9-12(16-13)15-8-6-4-3-5-7(8)14-9/h3-6,11,18H,1-2H3. The van der Waals surface area contributed by atoms with Gasteiger partial charge in [-0.1, -0.05) is 24.4 Å². The number of para-hydroxylation sites is 2. The molecule has 0 fully saturated rings. The van der Waals surface area contributed by atoms with Gasteiger partial charge in [0.25, 0.3) is 0 Å². The van der Waals surface area contributed by atoms with Crippen LogP contribution in [0.4, 0.5) is 0 Å². The molecule has 0 N–H and O–H groups in total. The minimum Gasteiger partial charge on any atom is -0.468 e. The van der Waals surface area contributed by atoms with Crippen LogP contribution in [-0.4, -0.2) is 25.7 Å². The van der Waals surface area contributed by atoms with Crippen LogP contribution in [0.25, 0.3) is 11.0 Å². The summed E-state index contributed by atoms with van der Waals surface area (Å²) in [6.07, 6.45) is 0. The van der Waals surface area contributed by atoms with Gasteiger partial charge >= 0.3 is 0 Å². The van der Waals surface area contributed by atoms with E-state index in [9.17, 15) is 0 Å². The number of aromatic nitrogens is 2. The first-order chi connectivity index (χ1) is 8.49. The number of thiocarbonyl (C=S) groups is 1. The van der Waals surface area contributed by atoms with Gasteiger partial charge in [0.05, 0.1) is 21.1 Å². The Labute approximate surface area is 116 Å². The van der Waals surface area contributed by atoms with Gasteiger partial charge in [0.15, 0.2) is 0 Å². The van der Waals surface area contributed by atoms with Crippen LogP contribution in [-0.2, 0) is 0 Å². The second-order valence-corrected chi connectivity index (χ2v) is 5.79. The van der Waals surface area contributed by atoms with Crippen LogP contribution >= 0.6 is 24.8 Å². The van der Waals surface area contributed by atoms with Crippen LogP contribution < -0.4 is 4.74 Å². The van der Waals surface area contributed by atoms with Crippen molar-refractivity contribution in [2.45, 2.75) is 24.7 Å². The summed E-state index contributed by atoms with van der Waals surface area (Å²) in [5.41, 5.74) is 1.81. The minimum absolute atomic E-state index is 0.157. The fourth-order valence-corrected chi connectivity index (χ4v) is 2.56. The fraction of sp³-hybridized carbons (Fsp3) is 0.308. The van der Waals surface area contributed by atoms with E-state index < -0.39 is 5.60 Å². The quantitative estimate of drug-likeness (QED) is 0.593. The van der Waals surface area contributed by atoms with E-state index in [-0.39, 0.29) is 5.25 Å². The highest BCUT2D eigenvalue weighted by molar-refractivity contribution is 7.87. The number of fused-ring (bicyclic) bond motifs is 2. The predicted octanol–water partition coefficient (Wildman–Crippen LogP) is 2.82. The molecular formula is C13H12N2OS2. The summed E-state index contributed by atoms with van der Waals surface area (Å²) < 4.78 is 5.87. The van der Waals surface area contributed by atoms with Crippen LogP contribution in [0.3, 0.4) is 0 Å². The average molecular weight is 276 g/mol. The average Bonchev–Trinajstić information content (AvgIpc) is 2.34. The monoisotopic (exact) mass is 276 g/mol. The third kappa shape index (κ3) is 1.69. The van der Waals surface area contributed by atoms with Crippen LogP contribution in [0.15, 0.2) is 24.3 Å². The number of rotatable bonds is 0. The van der Waals surface area contributed by atoms with E-state index in [1.807, 2.05) is 38.1 Å². The van der Waals surface area contributed by atoms with Gasteiger partial charge < -0.3 is 4.74 Å².